The number of nitrogen functional groups attached to an aromatic ring is 1. The average molecular weight is 259 g/mol. The quantitative estimate of drug-likeness (QED) is 0.802. The van der Waals surface area contributed by atoms with Gasteiger partial charge in [0.25, 0.3) is 0 Å². The highest BCUT2D eigenvalue weighted by molar-refractivity contribution is 6.31. The van der Waals surface area contributed by atoms with E-state index in [4.69, 9.17) is 22.1 Å². The van der Waals surface area contributed by atoms with Crippen molar-refractivity contribution in [3.05, 3.63) is 23.0 Å². The minimum atomic E-state index is -0.504. The van der Waals surface area contributed by atoms with Crippen LogP contribution in [-0.4, -0.2) is 18.2 Å². The zero-order valence-electron chi connectivity index (χ0n) is 9.89. The van der Waals surface area contributed by atoms with E-state index in [2.05, 4.69) is 12.2 Å². The molecule has 94 valence electrons. The van der Waals surface area contributed by atoms with Gasteiger partial charge in [-0.25, -0.2) is 4.39 Å². The number of hydrogen-bond donors (Lipinski definition) is 2. The van der Waals surface area contributed by atoms with E-state index >= 15 is 0 Å². The fraction of sp³-hybridized carbons (Fsp3) is 0.500. The van der Waals surface area contributed by atoms with Gasteiger partial charge in [-0.05, 0) is 26.3 Å². The smallest absolute Gasteiger partial charge is 0.143 e. The summed E-state index contributed by atoms with van der Waals surface area (Å²) < 4.78 is 18.7. The van der Waals surface area contributed by atoms with Crippen molar-refractivity contribution in [2.75, 3.05) is 17.7 Å². The molecule has 2 unspecified atom stereocenters. The molecule has 2 rings (SSSR count). The van der Waals surface area contributed by atoms with E-state index in [-0.39, 0.29) is 16.7 Å². The van der Waals surface area contributed by atoms with Crippen molar-refractivity contribution in [1.82, 2.24) is 0 Å². The van der Waals surface area contributed by atoms with Gasteiger partial charge >= 0.3 is 0 Å². The van der Waals surface area contributed by atoms with Gasteiger partial charge in [0.15, 0.2) is 0 Å². The maximum atomic E-state index is 13.2. The van der Waals surface area contributed by atoms with E-state index in [1.807, 2.05) is 6.92 Å². The molecule has 1 heterocycles. The lowest BCUT2D eigenvalue weighted by atomic mass is 9.94. The molecule has 0 spiro atoms. The van der Waals surface area contributed by atoms with Crippen LogP contribution in [0.15, 0.2) is 12.1 Å². The Kier molecular flexibility index (Phi) is 3.19. The van der Waals surface area contributed by atoms with E-state index < -0.39 is 5.82 Å². The molecule has 3 nitrogen and oxygen atoms in total. The summed E-state index contributed by atoms with van der Waals surface area (Å²) in [6.45, 7) is 4.77. The second kappa shape index (κ2) is 4.35. The molecular formula is C12H16ClFN2O. The van der Waals surface area contributed by atoms with Crippen LogP contribution in [-0.2, 0) is 4.74 Å². The zero-order valence-corrected chi connectivity index (χ0v) is 10.6. The number of halogens is 2. The molecule has 0 aromatic heterocycles. The lowest BCUT2D eigenvalue weighted by Gasteiger charge is -2.30. The van der Waals surface area contributed by atoms with Crippen molar-refractivity contribution in [2.45, 2.75) is 31.9 Å². The molecule has 0 saturated carbocycles. The first-order valence-electron chi connectivity index (χ1n) is 5.57. The van der Waals surface area contributed by atoms with Gasteiger partial charge in [0.05, 0.1) is 28.0 Å². The van der Waals surface area contributed by atoms with Crippen LogP contribution in [0.5, 0.6) is 0 Å². The van der Waals surface area contributed by atoms with Crippen LogP contribution < -0.4 is 11.1 Å². The van der Waals surface area contributed by atoms with Crippen LogP contribution in [0, 0.1) is 5.82 Å². The Balaban J connectivity index is 2.27. The highest BCUT2D eigenvalue weighted by Crippen LogP contribution is 2.33. The Morgan fingerprint density at radius 2 is 2.29 bits per heavy atom. The second-order valence-electron chi connectivity index (χ2n) is 4.66. The van der Waals surface area contributed by atoms with Crippen LogP contribution >= 0.6 is 11.6 Å². The number of hydrogen-bond acceptors (Lipinski definition) is 3. The molecule has 1 aliphatic heterocycles. The normalized spacial score (nSPS) is 28.4. The van der Waals surface area contributed by atoms with Gasteiger partial charge in [0.1, 0.15) is 5.82 Å². The van der Waals surface area contributed by atoms with Crippen molar-refractivity contribution in [1.29, 1.82) is 0 Å². The summed E-state index contributed by atoms with van der Waals surface area (Å²) in [5, 5.41) is 3.37. The van der Waals surface area contributed by atoms with Gasteiger partial charge in [0.2, 0.25) is 0 Å². The lowest BCUT2D eigenvalue weighted by molar-refractivity contribution is 0.105. The van der Waals surface area contributed by atoms with Crippen molar-refractivity contribution in [2.24, 2.45) is 0 Å². The molecule has 5 heteroatoms. The minimum absolute atomic E-state index is 0.0665. The molecule has 0 radical (unpaired) electrons. The minimum Gasteiger partial charge on any atom is -0.397 e. The summed E-state index contributed by atoms with van der Waals surface area (Å²) in [4.78, 5) is 0. The highest BCUT2D eigenvalue weighted by Gasteiger charge is 2.37. The van der Waals surface area contributed by atoms with Crippen molar-refractivity contribution in [3.8, 4) is 0 Å². The lowest BCUT2D eigenvalue weighted by Crippen LogP contribution is -2.41. The molecule has 0 bridgehead atoms. The third-order valence-corrected chi connectivity index (χ3v) is 3.69. The van der Waals surface area contributed by atoms with E-state index in [1.165, 1.54) is 12.1 Å². The molecule has 3 N–H and O–H groups in total. The van der Waals surface area contributed by atoms with E-state index in [9.17, 15) is 4.39 Å². The first kappa shape index (κ1) is 12.5. The van der Waals surface area contributed by atoms with Crippen LogP contribution in [0.2, 0.25) is 5.02 Å². The van der Waals surface area contributed by atoms with Gasteiger partial charge < -0.3 is 15.8 Å². The first-order chi connectivity index (χ1) is 7.92. The van der Waals surface area contributed by atoms with E-state index in [0.717, 1.165) is 6.42 Å². The number of nitrogens with one attached hydrogen (secondary N) is 1. The molecule has 1 aliphatic rings. The number of rotatable bonds is 2. The van der Waals surface area contributed by atoms with Crippen molar-refractivity contribution < 1.29 is 9.13 Å². The van der Waals surface area contributed by atoms with Crippen molar-refractivity contribution >= 4 is 23.0 Å². The van der Waals surface area contributed by atoms with Crippen LogP contribution in [0.25, 0.3) is 0 Å². The van der Waals surface area contributed by atoms with Crippen LogP contribution in [0.1, 0.15) is 20.3 Å². The third kappa shape index (κ3) is 2.33. The van der Waals surface area contributed by atoms with Gasteiger partial charge in [-0.15, -0.1) is 0 Å². The average Bonchev–Trinajstić information content (AvgIpc) is 2.56. The summed E-state index contributed by atoms with van der Waals surface area (Å²) in [7, 11) is 0. The summed E-state index contributed by atoms with van der Waals surface area (Å²) in [5.74, 6) is -0.504. The van der Waals surface area contributed by atoms with Crippen molar-refractivity contribution in [3.63, 3.8) is 0 Å². The van der Waals surface area contributed by atoms with Crippen LogP contribution in [0.3, 0.4) is 0 Å². The monoisotopic (exact) mass is 258 g/mol. The molecule has 0 amide bonds. The maximum Gasteiger partial charge on any atom is 0.143 e. The fourth-order valence-corrected chi connectivity index (χ4v) is 2.14. The Bertz CT molecular complexity index is 441. The maximum absolute atomic E-state index is 13.2. The number of nitrogens with two attached hydrogens (primary N) is 1. The standard InChI is InChI=1S/C12H16ClFN2O/c1-7-12(2,3-4-17-7)16-11-5-8(13)9(14)6-10(11)15/h5-7,16H,3-4,15H2,1-2H3. The SMILES string of the molecule is CC1OCCC1(C)Nc1cc(Cl)c(F)cc1N. The molecule has 0 aliphatic carbocycles. The Morgan fingerprint density at radius 3 is 2.88 bits per heavy atom. The molecule has 1 fully saturated rings. The first-order valence-corrected chi connectivity index (χ1v) is 5.94. The van der Waals surface area contributed by atoms with Gasteiger partial charge in [-0.2, -0.15) is 0 Å². The summed E-state index contributed by atoms with van der Waals surface area (Å²) in [6.07, 6.45) is 0.952. The third-order valence-electron chi connectivity index (χ3n) is 3.40. The van der Waals surface area contributed by atoms with Gasteiger partial charge in [-0.3, -0.25) is 0 Å². The topological polar surface area (TPSA) is 47.3 Å². The molecule has 1 aromatic carbocycles. The Morgan fingerprint density at radius 1 is 1.59 bits per heavy atom. The molecule has 17 heavy (non-hydrogen) atoms. The van der Waals surface area contributed by atoms with E-state index in [0.29, 0.717) is 18.0 Å². The predicted octanol–water partition coefficient (Wildman–Crippen LogP) is 3.04. The Hall–Kier alpha value is -1.00. The molecule has 1 saturated heterocycles. The summed E-state index contributed by atoms with van der Waals surface area (Å²) in [6, 6.07) is 2.75. The molecule has 2 atom stereocenters. The number of anilines is 2. The van der Waals surface area contributed by atoms with Gasteiger partial charge in [-0.1, -0.05) is 11.6 Å². The zero-order chi connectivity index (χ0) is 12.6. The summed E-state index contributed by atoms with van der Waals surface area (Å²) in [5.41, 5.74) is 6.57. The Labute approximate surface area is 105 Å². The van der Waals surface area contributed by atoms with Crippen LogP contribution in [0.4, 0.5) is 15.8 Å². The largest absolute Gasteiger partial charge is 0.397 e. The van der Waals surface area contributed by atoms with Gasteiger partial charge in [0, 0.05) is 12.7 Å². The molecule has 1 aromatic rings. The number of benzene rings is 1. The molecular weight excluding hydrogens is 243 g/mol. The second-order valence-corrected chi connectivity index (χ2v) is 5.07. The van der Waals surface area contributed by atoms with E-state index in [1.54, 1.807) is 0 Å². The summed E-state index contributed by atoms with van der Waals surface area (Å²) >= 11 is 5.75. The highest BCUT2D eigenvalue weighted by atomic mass is 35.5. The predicted molar refractivity (Wildman–Crippen MR) is 67.9 cm³/mol. The fourth-order valence-electron chi connectivity index (χ4n) is 1.98. The number of ether oxygens (including phenoxy) is 1.